The third kappa shape index (κ3) is 2.26. The van der Waals surface area contributed by atoms with Crippen LogP contribution in [0.1, 0.15) is 19.3 Å². The topological polar surface area (TPSA) is 32.3 Å². The maximum Gasteiger partial charge on any atom is 0.146 e. The van der Waals surface area contributed by atoms with E-state index in [0.29, 0.717) is 0 Å². The summed E-state index contributed by atoms with van der Waals surface area (Å²) in [6.45, 7) is 0.271. The molecule has 2 N–H and O–H groups in total. The summed E-state index contributed by atoms with van der Waals surface area (Å²) >= 11 is 0. The Morgan fingerprint density at radius 2 is 2.07 bits per heavy atom. The largest absolute Gasteiger partial charge is 0.388 e. The van der Waals surface area contributed by atoms with Crippen molar-refractivity contribution in [2.45, 2.75) is 24.9 Å². The molecule has 1 aromatic carbocycles. The number of halogens is 2. The van der Waals surface area contributed by atoms with Gasteiger partial charge in [0, 0.05) is 6.54 Å². The fourth-order valence-electron chi connectivity index (χ4n) is 1.65. The minimum absolute atomic E-state index is 0.107. The van der Waals surface area contributed by atoms with Gasteiger partial charge in [-0.25, -0.2) is 8.78 Å². The number of nitrogens with one attached hydrogen (secondary N) is 1. The summed E-state index contributed by atoms with van der Waals surface area (Å²) in [4.78, 5) is 0. The molecule has 0 aromatic heterocycles. The summed E-state index contributed by atoms with van der Waals surface area (Å²) in [5.41, 5.74) is -0.631. The Morgan fingerprint density at radius 3 is 2.67 bits per heavy atom. The van der Waals surface area contributed by atoms with Crippen LogP contribution < -0.4 is 5.32 Å². The molecule has 0 heterocycles. The second kappa shape index (κ2) is 3.77. The first-order valence-corrected chi connectivity index (χ1v) is 5.00. The Labute approximate surface area is 86.9 Å². The van der Waals surface area contributed by atoms with Gasteiger partial charge in [0.05, 0.1) is 11.3 Å². The van der Waals surface area contributed by atoms with Crippen LogP contribution in [0.2, 0.25) is 0 Å². The van der Waals surface area contributed by atoms with Crippen molar-refractivity contribution in [1.29, 1.82) is 0 Å². The molecule has 1 aromatic rings. The lowest BCUT2D eigenvalue weighted by molar-refractivity contribution is -0.0202. The number of hydrogen-bond acceptors (Lipinski definition) is 2. The summed E-state index contributed by atoms with van der Waals surface area (Å²) in [6, 6.07) is 3.23. The molecule has 0 saturated heterocycles. The summed E-state index contributed by atoms with van der Waals surface area (Å²) in [5.74, 6) is -0.987. The summed E-state index contributed by atoms with van der Waals surface area (Å²) in [6.07, 6.45) is 2.43. The lowest BCUT2D eigenvalue weighted by atomic mass is 9.80. The Morgan fingerprint density at radius 1 is 1.33 bits per heavy atom. The Balaban J connectivity index is 2.01. The zero-order chi connectivity index (χ0) is 10.9. The van der Waals surface area contributed by atoms with Crippen LogP contribution in [0.15, 0.2) is 18.2 Å². The molecule has 2 nitrogen and oxygen atoms in total. The molecule has 0 unspecified atom stereocenters. The molecule has 1 saturated carbocycles. The van der Waals surface area contributed by atoms with Crippen LogP contribution in [0.3, 0.4) is 0 Å². The first kappa shape index (κ1) is 10.4. The monoisotopic (exact) mass is 213 g/mol. The normalized spacial score (nSPS) is 18.3. The minimum Gasteiger partial charge on any atom is -0.388 e. The van der Waals surface area contributed by atoms with Crippen molar-refractivity contribution >= 4 is 5.69 Å². The van der Waals surface area contributed by atoms with Crippen molar-refractivity contribution in [1.82, 2.24) is 0 Å². The van der Waals surface area contributed by atoms with Crippen LogP contribution in [-0.4, -0.2) is 17.3 Å². The average molecular weight is 213 g/mol. The van der Waals surface area contributed by atoms with E-state index in [-0.39, 0.29) is 12.2 Å². The average Bonchev–Trinajstić information content (AvgIpc) is 2.17. The molecule has 0 bridgehead atoms. The maximum absolute atomic E-state index is 13.2. The molecular weight excluding hydrogens is 200 g/mol. The van der Waals surface area contributed by atoms with Gasteiger partial charge in [0.2, 0.25) is 0 Å². The van der Waals surface area contributed by atoms with Gasteiger partial charge in [0.25, 0.3) is 0 Å². The van der Waals surface area contributed by atoms with Gasteiger partial charge in [-0.1, -0.05) is 0 Å². The summed E-state index contributed by atoms with van der Waals surface area (Å²) in [5, 5.41) is 12.5. The first-order chi connectivity index (χ1) is 7.09. The van der Waals surface area contributed by atoms with Crippen molar-refractivity contribution in [3.63, 3.8) is 0 Å². The number of anilines is 1. The Hall–Kier alpha value is -1.16. The molecule has 1 aliphatic carbocycles. The molecule has 4 heteroatoms. The highest BCUT2D eigenvalue weighted by molar-refractivity contribution is 5.45. The van der Waals surface area contributed by atoms with E-state index in [9.17, 15) is 13.9 Å². The molecule has 0 spiro atoms. The van der Waals surface area contributed by atoms with E-state index >= 15 is 0 Å². The molecule has 1 aliphatic rings. The molecule has 1 fully saturated rings. The van der Waals surface area contributed by atoms with E-state index in [4.69, 9.17) is 0 Å². The molecule has 0 radical (unpaired) electrons. The molecular formula is C11H13F2NO. The summed E-state index contributed by atoms with van der Waals surface area (Å²) < 4.78 is 25.9. The van der Waals surface area contributed by atoms with Gasteiger partial charge in [-0.05, 0) is 37.5 Å². The molecule has 0 aliphatic heterocycles. The molecule has 0 atom stereocenters. The highest BCUT2D eigenvalue weighted by Crippen LogP contribution is 2.31. The molecule has 0 amide bonds. The maximum atomic E-state index is 13.2. The van der Waals surface area contributed by atoms with E-state index in [1.807, 2.05) is 0 Å². The zero-order valence-electron chi connectivity index (χ0n) is 8.26. The third-order valence-electron chi connectivity index (χ3n) is 2.82. The predicted octanol–water partition coefficient (Wildman–Crippen LogP) is 2.29. The minimum atomic E-state index is -0.737. The van der Waals surface area contributed by atoms with Crippen LogP contribution in [-0.2, 0) is 0 Å². The number of aliphatic hydroxyl groups is 1. The number of rotatable bonds is 3. The van der Waals surface area contributed by atoms with E-state index in [0.717, 1.165) is 37.5 Å². The van der Waals surface area contributed by atoms with Crippen LogP contribution in [0.5, 0.6) is 0 Å². The van der Waals surface area contributed by atoms with Gasteiger partial charge in [-0.2, -0.15) is 0 Å². The highest BCUT2D eigenvalue weighted by atomic mass is 19.1. The van der Waals surface area contributed by atoms with Gasteiger partial charge in [-0.15, -0.1) is 0 Å². The fraction of sp³-hybridized carbons (Fsp3) is 0.455. The van der Waals surface area contributed by atoms with E-state index in [1.54, 1.807) is 0 Å². The quantitative estimate of drug-likeness (QED) is 0.807. The second-order valence-corrected chi connectivity index (χ2v) is 4.06. The van der Waals surface area contributed by atoms with Gasteiger partial charge < -0.3 is 10.4 Å². The van der Waals surface area contributed by atoms with Crippen molar-refractivity contribution < 1.29 is 13.9 Å². The SMILES string of the molecule is OC1(CNc2cc(F)ccc2F)CCC1. The van der Waals surface area contributed by atoms with Crippen LogP contribution in [0.4, 0.5) is 14.5 Å². The molecule has 2 rings (SSSR count). The van der Waals surface area contributed by atoms with Crippen molar-refractivity contribution in [3.05, 3.63) is 29.8 Å². The van der Waals surface area contributed by atoms with Crippen LogP contribution in [0, 0.1) is 11.6 Å². The van der Waals surface area contributed by atoms with E-state index in [1.165, 1.54) is 0 Å². The van der Waals surface area contributed by atoms with Crippen LogP contribution >= 0.6 is 0 Å². The summed E-state index contributed by atoms with van der Waals surface area (Å²) in [7, 11) is 0. The number of benzene rings is 1. The third-order valence-corrected chi connectivity index (χ3v) is 2.82. The second-order valence-electron chi connectivity index (χ2n) is 4.06. The van der Waals surface area contributed by atoms with Gasteiger partial charge in [0.15, 0.2) is 0 Å². The van der Waals surface area contributed by atoms with Crippen LogP contribution in [0.25, 0.3) is 0 Å². The van der Waals surface area contributed by atoms with Crippen molar-refractivity contribution in [2.24, 2.45) is 0 Å². The van der Waals surface area contributed by atoms with Gasteiger partial charge in [-0.3, -0.25) is 0 Å². The zero-order valence-corrected chi connectivity index (χ0v) is 8.26. The standard InChI is InChI=1S/C11H13F2NO/c12-8-2-3-9(13)10(6-8)14-7-11(15)4-1-5-11/h2-3,6,14-15H,1,4-5,7H2. The molecule has 15 heavy (non-hydrogen) atoms. The predicted molar refractivity (Wildman–Crippen MR) is 53.6 cm³/mol. The van der Waals surface area contributed by atoms with Gasteiger partial charge >= 0.3 is 0 Å². The van der Waals surface area contributed by atoms with E-state index in [2.05, 4.69) is 5.32 Å². The first-order valence-electron chi connectivity index (χ1n) is 5.00. The van der Waals surface area contributed by atoms with Crippen molar-refractivity contribution in [3.8, 4) is 0 Å². The van der Waals surface area contributed by atoms with Gasteiger partial charge in [0.1, 0.15) is 11.6 Å². The number of hydrogen-bond donors (Lipinski definition) is 2. The Bertz CT molecular complexity index is 364. The molecule has 82 valence electrons. The van der Waals surface area contributed by atoms with Crippen molar-refractivity contribution in [2.75, 3.05) is 11.9 Å². The Kier molecular flexibility index (Phi) is 2.61. The van der Waals surface area contributed by atoms with E-state index < -0.39 is 17.2 Å². The lowest BCUT2D eigenvalue weighted by Crippen LogP contribution is -2.43. The highest BCUT2D eigenvalue weighted by Gasteiger charge is 2.34. The smallest absolute Gasteiger partial charge is 0.146 e. The lowest BCUT2D eigenvalue weighted by Gasteiger charge is -2.36. The fourth-order valence-corrected chi connectivity index (χ4v) is 1.65.